The number of hydrogen-bond donors (Lipinski definition) is 1. The van der Waals surface area contributed by atoms with E-state index in [4.69, 9.17) is 4.98 Å². The van der Waals surface area contributed by atoms with Gasteiger partial charge in [-0.05, 0) is 37.4 Å². The van der Waals surface area contributed by atoms with Crippen molar-refractivity contribution in [1.82, 2.24) is 10.3 Å². The second-order valence-corrected chi connectivity index (χ2v) is 6.35. The maximum absolute atomic E-state index is 13.7. The summed E-state index contributed by atoms with van der Waals surface area (Å²) < 4.78 is 13.7. The summed E-state index contributed by atoms with van der Waals surface area (Å²) in [5.41, 5.74) is 1.94. The van der Waals surface area contributed by atoms with Crippen LogP contribution in [0.5, 0.6) is 0 Å². The monoisotopic (exact) mass is 290 g/mol. The maximum atomic E-state index is 13.7. The Kier molecular flexibility index (Phi) is 4.13. The van der Waals surface area contributed by atoms with E-state index >= 15 is 0 Å². The van der Waals surface area contributed by atoms with Gasteiger partial charge in [-0.25, -0.2) is 9.37 Å². The Bertz CT molecular complexity index is 594. The molecule has 1 aliphatic carbocycles. The normalized spacial score (nSPS) is 18.0. The second-order valence-electron chi connectivity index (χ2n) is 5.19. The van der Waals surface area contributed by atoms with Gasteiger partial charge in [0.05, 0.1) is 16.7 Å². The van der Waals surface area contributed by atoms with Crippen LogP contribution < -0.4 is 5.32 Å². The lowest BCUT2D eigenvalue weighted by molar-refractivity contribution is 0.465. The average Bonchev–Trinajstić information content (AvgIpc) is 2.85. The number of fused-ring (bicyclic) bond motifs is 1. The molecule has 106 valence electrons. The second kappa shape index (κ2) is 6.02. The summed E-state index contributed by atoms with van der Waals surface area (Å²) in [4.78, 5) is 6.16. The van der Waals surface area contributed by atoms with Crippen LogP contribution in [0.15, 0.2) is 24.3 Å². The van der Waals surface area contributed by atoms with Gasteiger partial charge in [-0.15, -0.1) is 11.3 Å². The molecule has 1 aromatic heterocycles. The van der Waals surface area contributed by atoms with Crippen LogP contribution >= 0.6 is 11.3 Å². The molecular formula is C16H19FN2S. The number of aromatic nitrogens is 1. The van der Waals surface area contributed by atoms with Crippen molar-refractivity contribution in [2.24, 2.45) is 0 Å². The molecule has 0 bridgehead atoms. The quantitative estimate of drug-likeness (QED) is 0.925. The Morgan fingerprint density at radius 3 is 3.05 bits per heavy atom. The zero-order chi connectivity index (χ0) is 13.9. The number of benzene rings is 1. The first-order chi connectivity index (χ1) is 9.78. The molecule has 1 N–H and O–H groups in total. The molecule has 1 aliphatic rings. The summed E-state index contributed by atoms with van der Waals surface area (Å²) >= 11 is 1.75. The van der Waals surface area contributed by atoms with Gasteiger partial charge < -0.3 is 5.32 Å². The molecule has 0 fully saturated rings. The number of aryl methyl sites for hydroxylation is 1. The molecule has 0 aliphatic heterocycles. The molecule has 0 radical (unpaired) electrons. The lowest BCUT2D eigenvalue weighted by Gasteiger charge is -2.21. The van der Waals surface area contributed by atoms with Gasteiger partial charge in [0, 0.05) is 11.3 Å². The summed E-state index contributed by atoms with van der Waals surface area (Å²) in [6.45, 7) is 3.09. The van der Waals surface area contributed by atoms with Gasteiger partial charge in [0.2, 0.25) is 0 Å². The molecule has 1 aromatic carbocycles. The van der Waals surface area contributed by atoms with Gasteiger partial charge in [0.15, 0.2) is 0 Å². The highest BCUT2D eigenvalue weighted by atomic mass is 32.1. The van der Waals surface area contributed by atoms with Crippen molar-refractivity contribution < 1.29 is 4.39 Å². The Morgan fingerprint density at radius 2 is 2.25 bits per heavy atom. The van der Waals surface area contributed by atoms with Gasteiger partial charge in [0.25, 0.3) is 0 Å². The summed E-state index contributed by atoms with van der Waals surface area (Å²) in [6, 6.07) is 7.36. The molecule has 1 unspecified atom stereocenters. The van der Waals surface area contributed by atoms with Crippen LogP contribution in [0.4, 0.5) is 4.39 Å². The van der Waals surface area contributed by atoms with Crippen molar-refractivity contribution in [3.63, 3.8) is 0 Å². The first-order valence-electron chi connectivity index (χ1n) is 7.23. The highest BCUT2D eigenvalue weighted by molar-refractivity contribution is 7.11. The van der Waals surface area contributed by atoms with Crippen molar-refractivity contribution in [3.8, 4) is 0 Å². The Hall–Kier alpha value is -1.26. The number of halogens is 1. The minimum absolute atomic E-state index is 0.135. The fourth-order valence-corrected chi connectivity index (χ4v) is 3.99. The molecule has 1 heterocycles. The number of rotatable bonds is 4. The smallest absolute Gasteiger partial charge is 0.126 e. The van der Waals surface area contributed by atoms with Crippen molar-refractivity contribution >= 4 is 11.3 Å². The Labute approximate surface area is 123 Å². The van der Waals surface area contributed by atoms with Crippen molar-refractivity contribution in [3.05, 3.63) is 51.2 Å². The zero-order valence-electron chi connectivity index (χ0n) is 11.7. The number of nitrogens with one attached hydrogen (secondary N) is 1. The molecule has 1 atom stereocenters. The van der Waals surface area contributed by atoms with Crippen LogP contribution in [-0.4, -0.2) is 11.5 Å². The van der Waals surface area contributed by atoms with Crippen LogP contribution in [0.2, 0.25) is 0 Å². The highest BCUT2D eigenvalue weighted by Crippen LogP contribution is 2.34. The fourth-order valence-electron chi connectivity index (χ4n) is 2.79. The highest BCUT2D eigenvalue weighted by Gasteiger charge is 2.24. The van der Waals surface area contributed by atoms with E-state index in [0.29, 0.717) is 12.5 Å². The standard InChI is InChI=1S/C16H19FN2S/c1-2-18-13-8-5-9-14-16(13)19-15(20-14)10-11-6-3-4-7-12(11)17/h3-4,6-7,13,18H,2,5,8-10H2,1H3. The topological polar surface area (TPSA) is 24.9 Å². The predicted molar refractivity (Wildman–Crippen MR) is 80.7 cm³/mol. The third-order valence-electron chi connectivity index (χ3n) is 3.75. The van der Waals surface area contributed by atoms with E-state index in [9.17, 15) is 4.39 Å². The molecule has 0 saturated heterocycles. The summed E-state index contributed by atoms with van der Waals surface area (Å²) in [6.07, 6.45) is 4.09. The molecule has 0 amide bonds. The van der Waals surface area contributed by atoms with E-state index in [0.717, 1.165) is 30.0 Å². The van der Waals surface area contributed by atoms with E-state index in [-0.39, 0.29) is 5.82 Å². The first-order valence-corrected chi connectivity index (χ1v) is 8.05. The van der Waals surface area contributed by atoms with E-state index < -0.39 is 0 Å². The van der Waals surface area contributed by atoms with Gasteiger partial charge in [-0.2, -0.15) is 0 Å². The molecule has 20 heavy (non-hydrogen) atoms. The number of nitrogens with zero attached hydrogens (tertiary/aromatic N) is 1. The molecule has 2 nitrogen and oxygen atoms in total. The van der Waals surface area contributed by atoms with Gasteiger partial charge in [-0.1, -0.05) is 25.1 Å². The minimum atomic E-state index is -0.135. The van der Waals surface area contributed by atoms with Crippen LogP contribution in [0.25, 0.3) is 0 Å². The third-order valence-corrected chi connectivity index (χ3v) is 4.88. The molecule has 3 rings (SSSR count). The maximum Gasteiger partial charge on any atom is 0.126 e. The van der Waals surface area contributed by atoms with Crippen LogP contribution in [0.3, 0.4) is 0 Å². The summed E-state index contributed by atoms with van der Waals surface area (Å²) in [7, 11) is 0. The van der Waals surface area contributed by atoms with E-state index in [2.05, 4.69) is 12.2 Å². The molecule has 0 saturated carbocycles. The minimum Gasteiger partial charge on any atom is -0.309 e. The van der Waals surface area contributed by atoms with E-state index in [1.807, 2.05) is 12.1 Å². The van der Waals surface area contributed by atoms with E-state index in [1.165, 1.54) is 23.1 Å². The fraction of sp³-hybridized carbons (Fsp3) is 0.438. The summed E-state index contributed by atoms with van der Waals surface area (Å²) in [5.74, 6) is -0.135. The van der Waals surface area contributed by atoms with Crippen LogP contribution in [0, 0.1) is 5.82 Å². The first kappa shape index (κ1) is 13.7. The summed E-state index contributed by atoms with van der Waals surface area (Å²) in [5, 5.41) is 4.53. The Morgan fingerprint density at radius 1 is 1.40 bits per heavy atom. The SMILES string of the molecule is CCNC1CCCc2sc(Cc3ccccc3F)nc21. The Balaban J connectivity index is 1.84. The molecule has 4 heteroatoms. The van der Waals surface area contributed by atoms with Crippen molar-refractivity contribution in [2.45, 2.75) is 38.6 Å². The molecular weight excluding hydrogens is 271 g/mol. The van der Waals surface area contributed by atoms with Crippen LogP contribution in [0.1, 0.15) is 46.9 Å². The predicted octanol–water partition coefficient (Wildman–Crippen LogP) is 3.86. The van der Waals surface area contributed by atoms with Crippen molar-refractivity contribution in [1.29, 1.82) is 0 Å². The van der Waals surface area contributed by atoms with E-state index in [1.54, 1.807) is 17.4 Å². The molecule has 2 aromatic rings. The lowest BCUT2D eigenvalue weighted by atomic mass is 9.98. The lowest BCUT2D eigenvalue weighted by Crippen LogP contribution is -2.24. The third kappa shape index (κ3) is 2.76. The number of hydrogen-bond acceptors (Lipinski definition) is 3. The molecule has 0 spiro atoms. The largest absolute Gasteiger partial charge is 0.309 e. The zero-order valence-corrected chi connectivity index (χ0v) is 12.5. The number of thiazole rings is 1. The van der Waals surface area contributed by atoms with Crippen molar-refractivity contribution in [2.75, 3.05) is 6.54 Å². The average molecular weight is 290 g/mol. The van der Waals surface area contributed by atoms with Gasteiger partial charge in [0.1, 0.15) is 5.82 Å². The van der Waals surface area contributed by atoms with Crippen LogP contribution in [-0.2, 0) is 12.8 Å². The van der Waals surface area contributed by atoms with Gasteiger partial charge in [-0.3, -0.25) is 0 Å². The van der Waals surface area contributed by atoms with Gasteiger partial charge >= 0.3 is 0 Å².